The molecule has 0 amide bonds. The third kappa shape index (κ3) is 3.92. The Hall–Kier alpha value is -3.12. The zero-order valence-electron chi connectivity index (χ0n) is 15.8. The Balaban J connectivity index is 1.63. The number of imidazole rings is 1. The van der Waals surface area contributed by atoms with Gasteiger partial charge in [0.2, 0.25) is 10.0 Å². The number of anilines is 1. The van der Waals surface area contributed by atoms with Gasteiger partial charge in [-0.1, -0.05) is 48.0 Å². The van der Waals surface area contributed by atoms with Crippen molar-refractivity contribution in [2.75, 3.05) is 4.72 Å². The van der Waals surface area contributed by atoms with Gasteiger partial charge in [0.1, 0.15) is 5.65 Å². The van der Waals surface area contributed by atoms with E-state index < -0.39 is 10.0 Å². The van der Waals surface area contributed by atoms with E-state index in [-0.39, 0.29) is 5.75 Å². The molecule has 2 aromatic carbocycles. The van der Waals surface area contributed by atoms with E-state index in [2.05, 4.69) is 9.71 Å². The van der Waals surface area contributed by atoms with E-state index in [1.807, 2.05) is 91.3 Å². The van der Waals surface area contributed by atoms with Crippen LogP contribution >= 0.6 is 0 Å². The fraction of sp³-hybridized carbons (Fsp3) is 0.136. The number of pyridine rings is 1. The predicted molar refractivity (Wildman–Crippen MR) is 113 cm³/mol. The van der Waals surface area contributed by atoms with Crippen molar-refractivity contribution < 1.29 is 8.42 Å². The van der Waals surface area contributed by atoms with Gasteiger partial charge in [-0.2, -0.15) is 0 Å². The smallest absolute Gasteiger partial charge is 0.236 e. The number of benzene rings is 2. The topological polar surface area (TPSA) is 63.5 Å². The van der Waals surface area contributed by atoms with Gasteiger partial charge in [0.05, 0.1) is 17.1 Å². The molecule has 4 aromatic rings. The summed E-state index contributed by atoms with van der Waals surface area (Å²) in [6.07, 6.45) is 3.87. The molecule has 2 aromatic heterocycles. The van der Waals surface area contributed by atoms with Crippen molar-refractivity contribution >= 4 is 21.4 Å². The molecule has 6 heteroatoms. The van der Waals surface area contributed by atoms with Crippen molar-refractivity contribution in [1.29, 1.82) is 0 Å². The first-order valence-corrected chi connectivity index (χ1v) is 10.7. The third-order valence-corrected chi connectivity index (χ3v) is 5.85. The van der Waals surface area contributed by atoms with Gasteiger partial charge in [-0.3, -0.25) is 4.72 Å². The molecule has 4 rings (SSSR count). The number of nitrogens with zero attached hydrogens (tertiary/aromatic N) is 2. The zero-order chi connectivity index (χ0) is 19.7. The number of rotatable bonds is 5. The molecule has 0 radical (unpaired) electrons. The number of aromatic nitrogens is 2. The molecular weight excluding hydrogens is 370 g/mol. The van der Waals surface area contributed by atoms with Gasteiger partial charge < -0.3 is 4.40 Å². The summed E-state index contributed by atoms with van der Waals surface area (Å²) < 4.78 is 30.1. The highest BCUT2D eigenvalue weighted by Crippen LogP contribution is 2.26. The molecule has 0 fully saturated rings. The largest absolute Gasteiger partial charge is 0.306 e. The van der Waals surface area contributed by atoms with Crippen molar-refractivity contribution in [1.82, 2.24) is 9.38 Å². The second-order valence-electron chi connectivity index (χ2n) is 6.97. The molecule has 0 saturated carbocycles. The van der Waals surface area contributed by atoms with Crippen molar-refractivity contribution in [3.8, 4) is 11.3 Å². The molecule has 28 heavy (non-hydrogen) atoms. The molecule has 0 bridgehead atoms. The molecule has 5 nitrogen and oxygen atoms in total. The molecule has 0 aliphatic carbocycles. The summed E-state index contributed by atoms with van der Waals surface area (Å²) in [5.41, 5.74) is 5.74. The lowest BCUT2D eigenvalue weighted by Gasteiger charge is -2.12. The molecule has 2 heterocycles. The number of hydrogen-bond donors (Lipinski definition) is 1. The lowest BCUT2D eigenvalue weighted by atomic mass is 10.1. The van der Waals surface area contributed by atoms with Crippen LogP contribution in [0.2, 0.25) is 0 Å². The van der Waals surface area contributed by atoms with Crippen molar-refractivity contribution in [3.05, 3.63) is 89.7 Å². The molecule has 142 valence electrons. The Labute approximate surface area is 164 Å². The second-order valence-corrected chi connectivity index (χ2v) is 8.69. The Morgan fingerprint density at radius 2 is 1.86 bits per heavy atom. The molecule has 0 atom stereocenters. The lowest BCUT2D eigenvalue weighted by molar-refractivity contribution is 0.600. The Morgan fingerprint density at radius 1 is 1.00 bits per heavy atom. The summed E-state index contributed by atoms with van der Waals surface area (Å²) in [5.74, 6) is -0.0628. The second kappa shape index (κ2) is 7.13. The van der Waals surface area contributed by atoms with Crippen molar-refractivity contribution in [3.63, 3.8) is 0 Å². The van der Waals surface area contributed by atoms with E-state index in [1.54, 1.807) is 0 Å². The van der Waals surface area contributed by atoms with Crippen LogP contribution in [0.5, 0.6) is 0 Å². The first-order chi connectivity index (χ1) is 13.4. The minimum Gasteiger partial charge on any atom is -0.306 e. The maximum absolute atomic E-state index is 12.7. The maximum Gasteiger partial charge on any atom is 0.236 e. The van der Waals surface area contributed by atoms with Crippen LogP contribution in [0.1, 0.15) is 16.7 Å². The van der Waals surface area contributed by atoms with Gasteiger partial charge in [0.15, 0.2) is 0 Å². The number of nitrogens with one attached hydrogen (secondary N) is 1. The molecule has 0 unspecified atom stereocenters. The number of aryl methyl sites for hydroxylation is 2. The van der Waals surface area contributed by atoms with E-state index in [0.717, 1.165) is 33.6 Å². The van der Waals surface area contributed by atoms with Crippen LogP contribution in [-0.2, 0) is 15.8 Å². The Bertz CT molecular complexity index is 1230. The van der Waals surface area contributed by atoms with E-state index in [1.165, 1.54) is 0 Å². The standard InChI is InChI=1S/C22H21N3O2S/c1-16-6-5-7-18(12-16)15-28(26,27)24-20-13-19(10-9-17(20)2)21-14-25-11-4-3-8-22(25)23-21/h3-14,24H,15H2,1-2H3. The van der Waals surface area contributed by atoms with Gasteiger partial charge in [0, 0.05) is 18.0 Å². The quantitative estimate of drug-likeness (QED) is 0.542. The van der Waals surface area contributed by atoms with Crippen LogP contribution < -0.4 is 4.72 Å². The monoisotopic (exact) mass is 391 g/mol. The SMILES string of the molecule is Cc1cccc(CS(=O)(=O)Nc2cc(-c3cn4ccccc4n3)ccc2C)c1. The third-order valence-electron chi connectivity index (χ3n) is 4.60. The van der Waals surface area contributed by atoms with Gasteiger partial charge >= 0.3 is 0 Å². The summed E-state index contributed by atoms with van der Waals surface area (Å²) in [4.78, 5) is 4.61. The van der Waals surface area contributed by atoms with Crippen LogP contribution in [0.4, 0.5) is 5.69 Å². The fourth-order valence-corrected chi connectivity index (χ4v) is 4.44. The molecule has 0 spiro atoms. The Kier molecular flexibility index (Phi) is 4.65. The minimum atomic E-state index is -3.53. The van der Waals surface area contributed by atoms with Crippen LogP contribution in [0.25, 0.3) is 16.9 Å². The zero-order valence-corrected chi connectivity index (χ0v) is 16.6. The van der Waals surface area contributed by atoms with E-state index >= 15 is 0 Å². The minimum absolute atomic E-state index is 0.0628. The van der Waals surface area contributed by atoms with Gasteiger partial charge in [0.25, 0.3) is 0 Å². The number of hydrogen-bond acceptors (Lipinski definition) is 3. The Morgan fingerprint density at radius 3 is 2.64 bits per heavy atom. The van der Waals surface area contributed by atoms with Crippen LogP contribution in [0.15, 0.2) is 73.1 Å². The summed E-state index contributed by atoms with van der Waals surface area (Å²) >= 11 is 0. The normalized spacial score (nSPS) is 11.6. The molecule has 0 aliphatic rings. The lowest BCUT2D eigenvalue weighted by Crippen LogP contribution is -2.16. The summed E-state index contributed by atoms with van der Waals surface area (Å²) in [7, 11) is -3.53. The highest BCUT2D eigenvalue weighted by molar-refractivity contribution is 7.91. The van der Waals surface area contributed by atoms with Crippen LogP contribution in [-0.4, -0.2) is 17.8 Å². The first kappa shape index (κ1) is 18.3. The van der Waals surface area contributed by atoms with E-state index in [9.17, 15) is 8.42 Å². The highest BCUT2D eigenvalue weighted by atomic mass is 32.2. The first-order valence-electron chi connectivity index (χ1n) is 9.00. The van der Waals surface area contributed by atoms with E-state index in [0.29, 0.717) is 5.69 Å². The highest BCUT2D eigenvalue weighted by Gasteiger charge is 2.15. The molecule has 0 saturated heterocycles. The van der Waals surface area contributed by atoms with Gasteiger partial charge in [-0.25, -0.2) is 13.4 Å². The van der Waals surface area contributed by atoms with Gasteiger partial charge in [-0.05, 0) is 43.2 Å². The number of fused-ring (bicyclic) bond motifs is 1. The molecule has 0 aliphatic heterocycles. The fourth-order valence-electron chi connectivity index (χ4n) is 3.19. The van der Waals surface area contributed by atoms with Crippen molar-refractivity contribution in [2.24, 2.45) is 0 Å². The van der Waals surface area contributed by atoms with Gasteiger partial charge in [-0.15, -0.1) is 0 Å². The number of sulfonamides is 1. The summed E-state index contributed by atoms with van der Waals surface area (Å²) in [6, 6.07) is 19.0. The average molecular weight is 391 g/mol. The molecule has 1 N–H and O–H groups in total. The van der Waals surface area contributed by atoms with Crippen LogP contribution in [0, 0.1) is 13.8 Å². The van der Waals surface area contributed by atoms with Crippen LogP contribution in [0.3, 0.4) is 0 Å². The average Bonchev–Trinajstić information content (AvgIpc) is 3.07. The maximum atomic E-state index is 12.7. The molecular formula is C22H21N3O2S. The predicted octanol–water partition coefficient (Wildman–Crippen LogP) is 4.56. The van der Waals surface area contributed by atoms with Crippen molar-refractivity contribution in [2.45, 2.75) is 19.6 Å². The van der Waals surface area contributed by atoms with E-state index in [4.69, 9.17) is 0 Å². The summed E-state index contributed by atoms with van der Waals surface area (Å²) in [6.45, 7) is 3.84. The summed E-state index contributed by atoms with van der Waals surface area (Å²) in [5, 5.41) is 0.